The highest BCUT2D eigenvalue weighted by atomic mass is 16.6. The molecule has 0 amide bonds. The molecule has 0 spiro atoms. The van der Waals surface area contributed by atoms with Crippen molar-refractivity contribution in [2.45, 2.75) is 19.8 Å². The summed E-state index contributed by atoms with van der Waals surface area (Å²) in [7, 11) is 2.02. The van der Waals surface area contributed by atoms with Gasteiger partial charge in [-0.3, -0.25) is 10.1 Å². The zero-order valence-corrected chi connectivity index (χ0v) is 10.8. The monoisotopic (exact) mass is 244 g/mol. The molecule has 1 heterocycles. The summed E-state index contributed by atoms with van der Waals surface area (Å²) >= 11 is 0. The van der Waals surface area contributed by atoms with E-state index in [0.717, 1.165) is 17.0 Å². The molecule has 0 aromatic heterocycles. The Kier molecular flexibility index (Phi) is 3.19. The molecule has 2 rings (SSSR count). The molecule has 0 bridgehead atoms. The molecule has 0 saturated heterocycles. The minimum atomic E-state index is -0.356. The molecule has 1 aromatic rings. The van der Waals surface area contributed by atoms with E-state index in [4.69, 9.17) is 0 Å². The lowest BCUT2D eigenvalue weighted by Gasteiger charge is -2.28. The molecule has 0 aliphatic carbocycles. The maximum Gasteiger partial charge on any atom is 0.269 e. The van der Waals surface area contributed by atoms with Crippen LogP contribution in [0, 0.1) is 10.1 Å². The van der Waals surface area contributed by atoms with Crippen molar-refractivity contribution >= 4 is 5.69 Å². The van der Waals surface area contributed by atoms with Crippen LogP contribution in [0.3, 0.4) is 0 Å². The maximum absolute atomic E-state index is 10.8. The lowest BCUT2D eigenvalue weighted by molar-refractivity contribution is -0.384. The summed E-state index contributed by atoms with van der Waals surface area (Å²) in [6.45, 7) is 4.09. The van der Waals surface area contributed by atoms with Crippen molar-refractivity contribution < 1.29 is 4.92 Å². The first-order valence-electron chi connectivity index (χ1n) is 5.84. The van der Waals surface area contributed by atoms with Gasteiger partial charge in [0, 0.05) is 36.5 Å². The molecule has 0 saturated carbocycles. The third-order valence-electron chi connectivity index (χ3n) is 3.37. The number of hydrogen-bond acceptors (Lipinski definition) is 3. The van der Waals surface area contributed by atoms with Crippen LogP contribution in [0.4, 0.5) is 5.69 Å². The number of non-ortho nitro benzene ring substituents is 1. The first kappa shape index (κ1) is 12.4. The zero-order valence-electron chi connectivity index (χ0n) is 10.8. The van der Waals surface area contributed by atoms with Crippen molar-refractivity contribution in [2.24, 2.45) is 0 Å². The van der Waals surface area contributed by atoms with Gasteiger partial charge in [-0.2, -0.15) is 0 Å². The van der Waals surface area contributed by atoms with E-state index < -0.39 is 0 Å². The summed E-state index contributed by atoms with van der Waals surface area (Å²) in [5.41, 5.74) is 3.41. The van der Waals surface area contributed by atoms with Crippen molar-refractivity contribution in [1.82, 2.24) is 4.90 Å². The van der Waals surface area contributed by atoms with Crippen LogP contribution < -0.4 is 0 Å². The Bertz CT molecular complexity index is 526. The molecule has 1 aromatic carbocycles. The van der Waals surface area contributed by atoms with E-state index in [1.807, 2.05) is 27.0 Å². The molecule has 94 valence electrons. The van der Waals surface area contributed by atoms with E-state index in [9.17, 15) is 10.1 Å². The van der Waals surface area contributed by atoms with Crippen LogP contribution in [0.1, 0.15) is 25.3 Å². The van der Waals surface area contributed by atoms with E-state index in [2.05, 4.69) is 17.1 Å². The molecule has 1 aliphatic rings. The van der Waals surface area contributed by atoms with Gasteiger partial charge in [0.05, 0.1) is 4.92 Å². The third-order valence-corrected chi connectivity index (χ3v) is 3.37. The van der Waals surface area contributed by atoms with Crippen LogP contribution in [-0.4, -0.2) is 16.9 Å². The van der Waals surface area contributed by atoms with Crippen molar-refractivity contribution in [1.29, 1.82) is 0 Å². The van der Waals surface area contributed by atoms with Crippen molar-refractivity contribution in [2.75, 3.05) is 7.05 Å². The van der Waals surface area contributed by atoms with Crippen LogP contribution in [0.25, 0.3) is 0 Å². The van der Waals surface area contributed by atoms with Gasteiger partial charge in [0.15, 0.2) is 0 Å². The summed E-state index contributed by atoms with van der Waals surface area (Å²) in [6, 6.07) is 6.82. The van der Waals surface area contributed by atoms with Crippen LogP contribution in [0.5, 0.6) is 0 Å². The van der Waals surface area contributed by atoms with Crippen LogP contribution >= 0.6 is 0 Å². The molecule has 4 nitrogen and oxygen atoms in total. The average molecular weight is 244 g/mol. The van der Waals surface area contributed by atoms with Crippen molar-refractivity contribution in [3.05, 3.63) is 63.5 Å². The summed E-state index contributed by atoms with van der Waals surface area (Å²) in [4.78, 5) is 12.5. The van der Waals surface area contributed by atoms with E-state index >= 15 is 0 Å². The molecule has 18 heavy (non-hydrogen) atoms. The highest BCUT2D eigenvalue weighted by molar-refractivity contribution is 5.41. The van der Waals surface area contributed by atoms with E-state index in [1.165, 1.54) is 6.07 Å². The smallest absolute Gasteiger partial charge is 0.269 e. The Balaban J connectivity index is 2.38. The summed E-state index contributed by atoms with van der Waals surface area (Å²) in [5, 5.41) is 10.8. The van der Waals surface area contributed by atoms with Gasteiger partial charge < -0.3 is 4.90 Å². The van der Waals surface area contributed by atoms with E-state index in [0.29, 0.717) is 0 Å². The van der Waals surface area contributed by atoms with E-state index in [1.54, 1.807) is 12.1 Å². The van der Waals surface area contributed by atoms with Gasteiger partial charge in [0.1, 0.15) is 0 Å². The molecule has 1 aliphatic heterocycles. The summed E-state index contributed by atoms with van der Waals surface area (Å²) in [5.74, 6) is 0.112. The van der Waals surface area contributed by atoms with Gasteiger partial charge in [0.25, 0.3) is 5.69 Å². The largest absolute Gasteiger partial charge is 0.353 e. The molecular weight excluding hydrogens is 228 g/mol. The fourth-order valence-electron chi connectivity index (χ4n) is 2.11. The van der Waals surface area contributed by atoms with Crippen LogP contribution in [-0.2, 0) is 0 Å². The maximum atomic E-state index is 10.8. The molecule has 0 radical (unpaired) electrons. The second-order valence-electron chi connectivity index (χ2n) is 4.55. The lowest BCUT2D eigenvalue weighted by atomic mass is 9.94. The first-order chi connectivity index (χ1) is 8.49. The standard InChI is InChI=1S/C14H16N2O2/c1-10-7-13(8-11(2)15(10)3)12-5-4-6-14(9-12)16(17)18/h4-9,13H,1-3H3. The van der Waals surface area contributed by atoms with Gasteiger partial charge in [-0.15, -0.1) is 0 Å². The molecule has 0 unspecified atom stereocenters. The van der Waals surface area contributed by atoms with Crippen LogP contribution in [0.15, 0.2) is 47.8 Å². The zero-order chi connectivity index (χ0) is 13.3. The minimum Gasteiger partial charge on any atom is -0.353 e. The fourth-order valence-corrected chi connectivity index (χ4v) is 2.11. The Hall–Kier alpha value is -2.10. The van der Waals surface area contributed by atoms with E-state index in [-0.39, 0.29) is 16.5 Å². The average Bonchev–Trinajstić information content (AvgIpc) is 2.35. The van der Waals surface area contributed by atoms with Gasteiger partial charge in [-0.05, 0) is 19.4 Å². The molecule has 0 fully saturated rings. The summed E-state index contributed by atoms with van der Waals surface area (Å²) in [6.07, 6.45) is 4.23. The minimum absolute atomic E-state index is 0.112. The predicted octanol–water partition coefficient (Wildman–Crippen LogP) is 3.43. The quantitative estimate of drug-likeness (QED) is 0.591. The van der Waals surface area contributed by atoms with Gasteiger partial charge in [0.2, 0.25) is 0 Å². The highest BCUT2D eigenvalue weighted by Crippen LogP contribution is 2.30. The third kappa shape index (κ3) is 2.27. The summed E-state index contributed by atoms with van der Waals surface area (Å²) < 4.78 is 0. The first-order valence-corrected chi connectivity index (χ1v) is 5.84. The normalized spacial score (nSPS) is 16.3. The van der Waals surface area contributed by atoms with Gasteiger partial charge in [-0.1, -0.05) is 24.3 Å². The topological polar surface area (TPSA) is 46.4 Å². The highest BCUT2D eigenvalue weighted by Gasteiger charge is 2.17. The molecule has 4 heteroatoms. The number of nitro groups is 1. The van der Waals surface area contributed by atoms with Crippen molar-refractivity contribution in [3.8, 4) is 0 Å². The molecule has 0 atom stereocenters. The Morgan fingerprint density at radius 3 is 2.39 bits per heavy atom. The fraction of sp³-hybridized carbons (Fsp3) is 0.286. The number of nitrogens with zero attached hydrogens (tertiary/aromatic N) is 2. The van der Waals surface area contributed by atoms with Crippen molar-refractivity contribution in [3.63, 3.8) is 0 Å². The van der Waals surface area contributed by atoms with Gasteiger partial charge >= 0.3 is 0 Å². The predicted molar refractivity (Wildman–Crippen MR) is 71.1 cm³/mol. The second-order valence-corrected chi connectivity index (χ2v) is 4.55. The van der Waals surface area contributed by atoms with Crippen LogP contribution in [0.2, 0.25) is 0 Å². The number of nitro benzene ring substituents is 1. The number of benzene rings is 1. The Morgan fingerprint density at radius 2 is 1.83 bits per heavy atom. The number of allylic oxidation sites excluding steroid dienone is 4. The Labute approximate surface area is 106 Å². The lowest BCUT2D eigenvalue weighted by Crippen LogP contribution is -2.18. The number of rotatable bonds is 2. The number of hydrogen-bond donors (Lipinski definition) is 0. The molecular formula is C14H16N2O2. The van der Waals surface area contributed by atoms with Gasteiger partial charge in [-0.25, -0.2) is 0 Å². The Morgan fingerprint density at radius 1 is 1.22 bits per heavy atom. The molecule has 0 N–H and O–H groups in total. The SMILES string of the molecule is CC1=CC(c2cccc([N+](=O)[O-])c2)C=C(C)N1C. The second kappa shape index (κ2) is 4.64.